The van der Waals surface area contributed by atoms with Crippen LogP contribution in [0.3, 0.4) is 0 Å². The van der Waals surface area contributed by atoms with Crippen LogP contribution in [0.15, 0.2) is 24.3 Å². The minimum absolute atomic E-state index is 0.0223. The highest BCUT2D eigenvalue weighted by atomic mass is 16.5. The largest absolute Gasteiger partial charge is 0.497 e. The molecule has 0 aliphatic carbocycles. The lowest BCUT2D eigenvalue weighted by Gasteiger charge is -2.35. The summed E-state index contributed by atoms with van der Waals surface area (Å²) in [5, 5.41) is 9.85. The van der Waals surface area contributed by atoms with Gasteiger partial charge in [0, 0.05) is 13.1 Å². The van der Waals surface area contributed by atoms with E-state index in [1.54, 1.807) is 36.3 Å². The Balaban J connectivity index is 1.80. The van der Waals surface area contributed by atoms with E-state index in [2.05, 4.69) is 0 Å². The molecular formula is C15H21NO4. The van der Waals surface area contributed by atoms with Crippen LogP contribution < -0.4 is 9.47 Å². The molecule has 1 aromatic rings. The van der Waals surface area contributed by atoms with E-state index in [9.17, 15) is 9.90 Å². The fraction of sp³-hybridized carbons (Fsp3) is 0.533. The average Bonchev–Trinajstić information content (AvgIpc) is 2.45. The second kappa shape index (κ2) is 6.13. The molecule has 110 valence electrons. The lowest BCUT2D eigenvalue weighted by atomic mass is 9.94. The monoisotopic (exact) mass is 279 g/mol. The van der Waals surface area contributed by atoms with Crippen LogP contribution >= 0.6 is 0 Å². The molecular weight excluding hydrogens is 258 g/mol. The molecule has 0 spiro atoms. The number of benzene rings is 1. The van der Waals surface area contributed by atoms with Gasteiger partial charge in [-0.25, -0.2) is 0 Å². The fourth-order valence-corrected chi connectivity index (χ4v) is 2.15. The van der Waals surface area contributed by atoms with Crippen LogP contribution in [0.2, 0.25) is 0 Å². The van der Waals surface area contributed by atoms with Gasteiger partial charge in [-0.3, -0.25) is 4.79 Å². The van der Waals surface area contributed by atoms with E-state index in [0.717, 1.165) is 5.75 Å². The third-order valence-electron chi connectivity index (χ3n) is 3.62. The predicted molar refractivity (Wildman–Crippen MR) is 74.9 cm³/mol. The van der Waals surface area contributed by atoms with Crippen molar-refractivity contribution >= 4 is 5.91 Å². The first-order valence-corrected chi connectivity index (χ1v) is 6.77. The standard InChI is InChI=1S/C15H21NO4/c1-15(18)7-9-16(10-8-15)14(17)11-20-13-5-3-12(19-2)4-6-13/h3-6,18H,7-11H2,1-2H3. The molecule has 0 saturated carbocycles. The first-order valence-electron chi connectivity index (χ1n) is 6.77. The first-order chi connectivity index (χ1) is 9.50. The van der Waals surface area contributed by atoms with Gasteiger partial charge in [-0.1, -0.05) is 0 Å². The zero-order chi connectivity index (χ0) is 14.6. The van der Waals surface area contributed by atoms with E-state index >= 15 is 0 Å². The van der Waals surface area contributed by atoms with Gasteiger partial charge < -0.3 is 19.5 Å². The number of ether oxygens (including phenoxy) is 2. The molecule has 1 amide bonds. The summed E-state index contributed by atoms with van der Waals surface area (Å²) in [7, 11) is 1.60. The topological polar surface area (TPSA) is 59.0 Å². The highest BCUT2D eigenvalue weighted by molar-refractivity contribution is 5.77. The summed E-state index contributed by atoms with van der Waals surface area (Å²) in [6.45, 7) is 2.99. The maximum Gasteiger partial charge on any atom is 0.260 e. The lowest BCUT2D eigenvalue weighted by molar-refractivity contribution is -0.137. The normalized spacial score (nSPS) is 17.6. The van der Waals surface area contributed by atoms with Crippen molar-refractivity contribution in [3.8, 4) is 11.5 Å². The van der Waals surface area contributed by atoms with E-state index in [1.165, 1.54) is 0 Å². The van der Waals surface area contributed by atoms with Gasteiger partial charge in [0.2, 0.25) is 0 Å². The minimum Gasteiger partial charge on any atom is -0.497 e. The van der Waals surface area contributed by atoms with Crippen molar-refractivity contribution in [3.05, 3.63) is 24.3 Å². The Morgan fingerprint density at radius 1 is 1.25 bits per heavy atom. The molecule has 1 aliphatic rings. The summed E-state index contributed by atoms with van der Waals surface area (Å²) in [5.74, 6) is 1.35. The summed E-state index contributed by atoms with van der Waals surface area (Å²) in [6, 6.07) is 7.12. The van der Waals surface area contributed by atoms with Crippen molar-refractivity contribution < 1.29 is 19.4 Å². The van der Waals surface area contributed by atoms with Crippen molar-refractivity contribution in [3.63, 3.8) is 0 Å². The molecule has 0 bridgehead atoms. The third kappa shape index (κ3) is 3.87. The second-order valence-corrected chi connectivity index (χ2v) is 5.34. The molecule has 1 saturated heterocycles. The maximum absolute atomic E-state index is 12.0. The Morgan fingerprint density at radius 3 is 2.35 bits per heavy atom. The van der Waals surface area contributed by atoms with Crippen LogP contribution in [0.1, 0.15) is 19.8 Å². The Morgan fingerprint density at radius 2 is 1.80 bits per heavy atom. The SMILES string of the molecule is COc1ccc(OCC(=O)N2CCC(C)(O)CC2)cc1. The highest BCUT2D eigenvalue weighted by Crippen LogP contribution is 2.21. The third-order valence-corrected chi connectivity index (χ3v) is 3.62. The van der Waals surface area contributed by atoms with Crippen molar-refractivity contribution in [1.82, 2.24) is 4.90 Å². The smallest absolute Gasteiger partial charge is 0.260 e. The van der Waals surface area contributed by atoms with Crippen LogP contribution in [-0.2, 0) is 4.79 Å². The molecule has 1 aromatic carbocycles. The van der Waals surface area contributed by atoms with E-state index in [0.29, 0.717) is 31.7 Å². The fourth-order valence-electron chi connectivity index (χ4n) is 2.15. The zero-order valence-corrected chi connectivity index (χ0v) is 12.0. The number of aliphatic hydroxyl groups is 1. The molecule has 20 heavy (non-hydrogen) atoms. The van der Waals surface area contributed by atoms with E-state index in [1.807, 2.05) is 6.92 Å². The molecule has 2 rings (SSSR count). The Labute approximate surface area is 119 Å². The molecule has 0 radical (unpaired) electrons. The van der Waals surface area contributed by atoms with Gasteiger partial charge in [0.15, 0.2) is 6.61 Å². The summed E-state index contributed by atoms with van der Waals surface area (Å²) in [6.07, 6.45) is 1.22. The number of hydrogen-bond acceptors (Lipinski definition) is 4. The number of carbonyl (C=O) groups is 1. The van der Waals surface area contributed by atoms with Gasteiger partial charge in [0.05, 0.1) is 12.7 Å². The lowest BCUT2D eigenvalue weighted by Crippen LogP contribution is -2.46. The van der Waals surface area contributed by atoms with E-state index in [-0.39, 0.29) is 12.5 Å². The van der Waals surface area contributed by atoms with Crippen molar-refractivity contribution in [1.29, 1.82) is 0 Å². The molecule has 0 unspecified atom stereocenters. The Kier molecular flexibility index (Phi) is 4.49. The summed E-state index contributed by atoms with van der Waals surface area (Å²) >= 11 is 0. The number of amides is 1. The number of hydrogen-bond donors (Lipinski definition) is 1. The zero-order valence-electron chi connectivity index (χ0n) is 12.0. The van der Waals surface area contributed by atoms with Gasteiger partial charge in [0.25, 0.3) is 5.91 Å². The van der Waals surface area contributed by atoms with Crippen LogP contribution in [0.25, 0.3) is 0 Å². The molecule has 1 fully saturated rings. The summed E-state index contributed by atoms with van der Waals surface area (Å²) < 4.78 is 10.5. The highest BCUT2D eigenvalue weighted by Gasteiger charge is 2.29. The van der Waals surface area contributed by atoms with Crippen LogP contribution in [0.5, 0.6) is 11.5 Å². The molecule has 1 heterocycles. The number of likely N-dealkylation sites (tertiary alicyclic amines) is 1. The molecule has 1 aliphatic heterocycles. The van der Waals surface area contributed by atoms with Crippen molar-refractivity contribution in [2.45, 2.75) is 25.4 Å². The molecule has 5 nitrogen and oxygen atoms in total. The quantitative estimate of drug-likeness (QED) is 0.906. The summed E-state index contributed by atoms with van der Waals surface area (Å²) in [5.41, 5.74) is -0.645. The number of nitrogens with zero attached hydrogens (tertiary/aromatic N) is 1. The summed E-state index contributed by atoms with van der Waals surface area (Å²) in [4.78, 5) is 13.7. The van der Waals surface area contributed by atoms with Gasteiger partial charge >= 0.3 is 0 Å². The molecule has 5 heteroatoms. The van der Waals surface area contributed by atoms with Crippen LogP contribution in [-0.4, -0.2) is 48.3 Å². The first kappa shape index (κ1) is 14.7. The maximum atomic E-state index is 12.0. The second-order valence-electron chi connectivity index (χ2n) is 5.34. The van der Waals surface area contributed by atoms with Crippen LogP contribution in [0.4, 0.5) is 0 Å². The van der Waals surface area contributed by atoms with E-state index < -0.39 is 5.60 Å². The molecule has 0 atom stereocenters. The van der Waals surface area contributed by atoms with E-state index in [4.69, 9.17) is 9.47 Å². The van der Waals surface area contributed by atoms with Gasteiger partial charge in [0.1, 0.15) is 11.5 Å². The van der Waals surface area contributed by atoms with Crippen molar-refractivity contribution in [2.75, 3.05) is 26.8 Å². The molecule has 1 N–H and O–H groups in total. The van der Waals surface area contributed by atoms with Gasteiger partial charge in [-0.15, -0.1) is 0 Å². The van der Waals surface area contributed by atoms with Crippen molar-refractivity contribution in [2.24, 2.45) is 0 Å². The van der Waals surface area contributed by atoms with Gasteiger partial charge in [-0.2, -0.15) is 0 Å². The predicted octanol–water partition coefficient (Wildman–Crippen LogP) is 1.45. The average molecular weight is 279 g/mol. The number of carbonyl (C=O) groups excluding carboxylic acids is 1. The van der Waals surface area contributed by atoms with Crippen LogP contribution in [0, 0.1) is 0 Å². The van der Waals surface area contributed by atoms with Gasteiger partial charge in [-0.05, 0) is 44.0 Å². The number of rotatable bonds is 4. The Bertz CT molecular complexity index is 445. The number of methoxy groups -OCH3 is 1. The minimum atomic E-state index is -0.645. The number of piperidine rings is 1. The molecule has 0 aromatic heterocycles. The Hall–Kier alpha value is -1.75.